The lowest BCUT2D eigenvalue weighted by Crippen LogP contribution is -2.38. The molecule has 2 aromatic rings. The number of hydrogen-bond acceptors (Lipinski definition) is 2. The molecule has 0 aliphatic heterocycles. The number of benzene rings is 1. The molecule has 1 aromatic heterocycles. The highest BCUT2D eigenvalue weighted by molar-refractivity contribution is 5.76. The first-order valence-electron chi connectivity index (χ1n) is 6.47. The Bertz CT molecular complexity index is 505. The summed E-state index contributed by atoms with van der Waals surface area (Å²) in [6.07, 6.45) is 3.49. The predicted molar refractivity (Wildman–Crippen MR) is 74.4 cm³/mol. The number of nitrogens with zero attached hydrogens (tertiary/aromatic N) is 3. The summed E-state index contributed by atoms with van der Waals surface area (Å²) < 4.78 is 1.66. The first-order chi connectivity index (χ1) is 9.16. The maximum absolute atomic E-state index is 12.3. The summed E-state index contributed by atoms with van der Waals surface area (Å²) in [6, 6.07) is 12.0. The third-order valence-corrected chi connectivity index (χ3v) is 3.00. The summed E-state index contributed by atoms with van der Waals surface area (Å²) in [4.78, 5) is 14.2. The van der Waals surface area contributed by atoms with Crippen LogP contribution in [0.3, 0.4) is 0 Å². The van der Waals surface area contributed by atoms with Gasteiger partial charge in [-0.15, -0.1) is 0 Å². The van der Waals surface area contributed by atoms with E-state index >= 15 is 0 Å². The molecular formula is C15H19N3O. The maximum atomic E-state index is 12.3. The molecule has 0 radical (unpaired) electrons. The van der Waals surface area contributed by atoms with Gasteiger partial charge in [0.2, 0.25) is 5.91 Å². The highest BCUT2D eigenvalue weighted by Gasteiger charge is 2.17. The van der Waals surface area contributed by atoms with E-state index in [0.717, 1.165) is 5.56 Å². The molecule has 1 amide bonds. The van der Waals surface area contributed by atoms with Crippen molar-refractivity contribution in [1.29, 1.82) is 0 Å². The lowest BCUT2D eigenvalue weighted by Gasteiger charge is -2.27. The zero-order valence-electron chi connectivity index (χ0n) is 11.4. The summed E-state index contributed by atoms with van der Waals surface area (Å²) in [6.45, 7) is 4.99. The van der Waals surface area contributed by atoms with E-state index in [1.807, 2.05) is 55.1 Å². The third-order valence-electron chi connectivity index (χ3n) is 3.00. The fraction of sp³-hybridized carbons (Fsp3) is 0.333. The van der Waals surface area contributed by atoms with Crippen molar-refractivity contribution >= 4 is 5.91 Å². The van der Waals surface area contributed by atoms with Crippen LogP contribution in [0.5, 0.6) is 0 Å². The lowest BCUT2D eigenvalue weighted by atomic mass is 10.2. The molecule has 0 saturated heterocycles. The SMILES string of the molecule is CC(C)N(Cc1ccccc1)C(=O)Cn1cccn1. The minimum Gasteiger partial charge on any atom is -0.334 e. The van der Waals surface area contributed by atoms with Gasteiger partial charge in [-0.05, 0) is 25.5 Å². The van der Waals surface area contributed by atoms with Gasteiger partial charge in [0.25, 0.3) is 0 Å². The van der Waals surface area contributed by atoms with Gasteiger partial charge in [0.1, 0.15) is 6.54 Å². The van der Waals surface area contributed by atoms with E-state index in [-0.39, 0.29) is 18.5 Å². The Morgan fingerprint density at radius 3 is 2.58 bits per heavy atom. The topological polar surface area (TPSA) is 38.1 Å². The van der Waals surface area contributed by atoms with E-state index < -0.39 is 0 Å². The van der Waals surface area contributed by atoms with Gasteiger partial charge in [0.05, 0.1) is 0 Å². The highest BCUT2D eigenvalue weighted by Crippen LogP contribution is 2.09. The molecule has 0 fully saturated rings. The first-order valence-corrected chi connectivity index (χ1v) is 6.47. The average molecular weight is 257 g/mol. The average Bonchev–Trinajstić information content (AvgIpc) is 2.89. The second-order valence-electron chi connectivity index (χ2n) is 4.80. The van der Waals surface area contributed by atoms with Crippen molar-refractivity contribution in [2.45, 2.75) is 33.0 Å². The van der Waals surface area contributed by atoms with Gasteiger partial charge < -0.3 is 4.90 Å². The van der Waals surface area contributed by atoms with Crippen LogP contribution >= 0.6 is 0 Å². The molecule has 0 bridgehead atoms. The molecular weight excluding hydrogens is 238 g/mol. The molecule has 0 saturated carbocycles. The number of hydrogen-bond donors (Lipinski definition) is 0. The van der Waals surface area contributed by atoms with Gasteiger partial charge in [0.15, 0.2) is 0 Å². The molecule has 0 spiro atoms. The van der Waals surface area contributed by atoms with Crippen LogP contribution in [0.1, 0.15) is 19.4 Å². The second-order valence-corrected chi connectivity index (χ2v) is 4.80. The van der Waals surface area contributed by atoms with E-state index in [1.165, 1.54) is 0 Å². The fourth-order valence-electron chi connectivity index (χ4n) is 1.96. The Morgan fingerprint density at radius 1 is 1.26 bits per heavy atom. The molecule has 0 aliphatic carbocycles. The molecule has 4 nitrogen and oxygen atoms in total. The largest absolute Gasteiger partial charge is 0.334 e. The molecule has 0 aliphatic rings. The number of carbonyl (C=O) groups is 1. The summed E-state index contributed by atoms with van der Waals surface area (Å²) in [5, 5.41) is 4.07. The summed E-state index contributed by atoms with van der Waals surface area (Å²) >= 11 is 0. The molecule has 19 heavy (non-hydrogen) atoms. The number of carbonyl (C=O) groups excluding carboxylic acids is 1. The fourth-order valence-corrected chi connectivity index (χ4v) is 1.96. The van der Waals surface area contributed by atoms with Gasteiger partial charge in [-0.2, -0.15) is 5.10 Å². The Balaban J connectivity index is 2.05. The zero-order chi connectivity index (χ0) is 13.7. The van der Waals surface area contributed by atoms with Crippen molar-refractivity contribution in [2.24, 2.45) is 0 Å². The second kappa shape index (κ2) is 6.18. The van der Waals surface area contributed by atoms with Gasteiger partial charge in [-0.1, -0.05) is 30.3 Å². The molecule has 0 N–H and O–H groups in total. The van der Waals surface area contributed by atoms with Crippen LogP contribution in [0.15, 0.2) is 48.8 Å². The maximum Gasteiger partial charge on any atom is 0.244 e. The zero-order valence-corrected chi connectivity index (χ0v) is 11.4. The number of aromatic nitrogens is 2. The van der Waals surface area contributed by atoms with Crippen LogP contribution in [-0.4, -0.2) is 26.6 Å². The van der Waals surface area contributed by atoms with Crippen LogP contribution in [0.25, 0.3) is 0 Å². The summed E-state index contributed by atoms with van der Waals surface area (Å²) in [7, 11) is 0. The summed E-state index contributed by atoms with van der Waals surface area (Å²) in [5.41, 5.74) is 1.14. The van der Waals surface area contributed by atoms with Crippen molar-refractivity contribution in [1.82, 2.24) is 14.7 Å². The quantitative estimate of drug-likeness (QED) is 0.824. The Labute approximate surface area is 113 Å². The normalized spacial score (nSPS) is 10.7. The molecule has 100 valence electrons. The number of amides is 1. The molecule has 2 rings (SSSR count). The van der Waals surface area contributed by atoms with E-state index in [2.05, 4.69) is 5.10 Å². The van der Waals surface area contributed by atoms with Crippen LogP contribution in [0.4, 0.5) is 0 Å². The van der Waals surface area contributed by atoms with Gasteiger partial charge >= 0.3 is 0 Å². The van der Waals surface area contributed by atoms with Gasteiger partial charge in [-0.25, -0.2) is 0 Å². The van der Waals surface area contributed by atoms with Crippen molar-refractivity contribution in [2.75, 3.05) is 0 Å². The van der Waals surface area contributed by atoms with E-state index in [9.17, 15) is 4.79 Å². The van der Waals surface area contributed by atoms with Gasteiger partial charge in [-0.3, -0.25) is 9.48 Å². The minimum atomic E-state index is 0.0857. The Kier molecular flexibility index (Phi) is 4.34. The molecule has 1 aromatic carbocycles. The molecule has 0 atom stereocenters. The Morgan fingerprint density at radius 2 is 2.00 bits per heavy atom. The standard InChI is InChI=1S/C15H19N3O/c1-13(2)18(11-14-7-4-3-5-8-14)15(19)12-17-10-6-9-16-17/h3-10,13H,11-12H2,1-2H3. The van der Waals surface area contributed by atoms with Crippen molar-refractivity contribution in [3.8, 4) is 0 Å². The highest BCUT2D eigenvalue weighted by atomic mass is 16.2. The van der Waals surface area contributed by atoms with Crippen LogP contribution < -0.4 is 0 Å². The van der Waals surface area contributed by atoms with Crippen LogP contribution in [0, 0.1) is 0 Å². The van der Waals surface area contributed by atoms with E-state index in [1.54, 1.807) is 17.1 Å². The molecule has 4 heteroatoms. The van der Waals surface area contributed by atoms with Crippen molar-refractivity contribution < 1.29 is 4.79 Å². The first kappa shape index (κ1) is 13.3. The minimum absolute atomic E-state index is 0.0857. The smallest absolute Gasteiger partial charge is 0.244 e. The molecule has 0 unspecified atom stereocenters. The van der Waals surface area contributed by atoms with Crippen LogP contribution in [-0.2, 0) is 17.9 Å². The predicted octanol–water partition coefficient (Wildman–Crippen LogP) is 2.32. The van der Waals surface area contributed by atoms with E-state index in [0.29, 0.717) is 6.54 Å². The number of rotatable bonds is 5. The molecule has 1 heterocycles. The van der Waals surface area contributed by atoms with Crippen molar-refractivity contribution in [3.63, 3.8) is 0 Å². The lowest BCUT2D eigenvalue weighted by molar-refractivity contribution is -0.134. The van der Waals surface area contributed by atoms with Crippen LogP contribution in [0.2, 0.25) is 0 Å². The van der Waals surface area contributed by atoms with Gasteiger partial charge in [0, 0.05) is 25.0 Å². The Hall–Kier alpha value is -2.10. The monoisotopic (exact) mass is 257 g/mol. The van der Waals surface area contributed by atoms with E-state index in [4.69, 9.17) is 0 Å². The third kappa shape index (κ3) is 3.68. The summed E-state index contributed by atoms with van der Waals surface area (Å²) in [5.74, 6) is 0.0857. The van der Waals surface area contributed by atoms with Crippen molar-refractivity contribution in [3.05, 3.63) is 54.4 Å².